The second-order valence-electron chi connectivity index (χ2n) is 4.46. The average molecular weight is 217 g/mol. The number of hydrogen-bond donors (Lipinski definition) is 0. The summed E-state index contributed by atoms with van der Waals surface area (Å²) < 4.78 is 4.85. The summed E-state index contributed by atoms with van der Waals surface area (Å²) in [6, 6.07) is 6.75. The highest BCUT2D eigenvalue weighted by atomic mass is 16.5. The van der Waals surface area contributed by atoms with Crippen molar-refractivity contribution < 1.29 is 9.53 Å². The summed E-state index contributed by atoms with van der Waals surface area (Å²) in [6.07, 6.45) is 2.89. The predicted molar refractivity (Wildman–Crippen MR) is 60.3 cm³/mol. The fourth-order valence-corrected chi connectivity index (χ4v) is 3.01. The van der Waals surface area contributed by atoms with Crippen LogP contribution in [0.3, 0.4) is 0 Å². The SMILES string of the molecule is COC(=O)N1CCc2cccc3c2C1CC3. The normalized spacial score (nSPS) is 21.8. The smallest absolute Gasteiger partial charge is 0.410 e. The van der Waals surface area contributed by atoms with Crippen molar-refractivity contribution in [1.29, 1.82) is 0 Å². The third-order valence-corrected chi connectivity index (χ3v) is 3.71. The number of amides is 1. The van der Waals surface area contributed by atoms with Crippen LogP contribution in [0.4, 0.5) is 4.79 Å². The van der Waals surface area contributed by atoms with Crippen LogP contribution in [0, 0.1) is 0 Å². The summed E-state index contributed by atoms with van der Waals surface area (Å²) in [7, 11) is 1.46. The molecule has 1 amide bonds. The number of rotatable bonds is 0. The van der Waals surface area contributed by atoms with Crippen LogP contribution in [0.15, 0.2) is 18.2 Å². The second kappa shape index (κ2) is 3.51. The van der Waals surface area contributed by atoms with E-state index in [2.05, 4.69) is 18.2 Å². The van der Waals surface area contributed by atoms with E-state index in [0.29, 0.717) is 0 Å². The molecule has 0 saturated carbocycles. The van der Waals surface area contributed by atoms with Crippen LogP contribution in [-0.2, 0) is 17.6 Å². The molecule has 0 spiro atoms. The highest BCUT2D eigenvalue weighted by molar-refractivity contribution is 5.69. The van der Waals surface area contributed by atoms with Crippen molar-refractivity contribution in [2.45, 2.75) is 25.3 Å². The molecule has 0 aromatic heterocycles. The van der Waals surface area contributed by atoms with Gasteiger partial charge in [-0.15, -0.1) is 0 Å². The Morgan fingerprint density at radius 2 is 2.12 bits per heavy atom. The first-order valence-electron chi connectivity index (χ1n) is 5.76. The molecule has 0 saturated heterocycles. The van der Waals surface area contributed by atoms with Crippen molar-refractivity contribution >= 4 is 6.09 Å². The molecule has 3 heteroatoms. The first kappa shape index (κ1) is 9.70. The maximum Gasteiger partial charge on any atom is 0.410 e. The van der Waals surface area contributed by atoms with Crippen molar-refractivity contribution in [1.82, 2.24) is 4.90 Å². The quantitative estimate of drug-likeness (QED) is 0.667. The van der Waals surface area contributed by atoms with Gasteiger partial charge in [0.25, 0.3) is 0 Å². The second-order valence-corrected chi connectivity index (χ2v) is 4.46. The van der Waals surface area contributed by atoms with Crippen molar-refractivity contribution in [3.05, 3.63) is 34.9 Å². The minimum absolute atomic E-state index is 0.188. The third kappa shape index (κ3) is 1.24. The highest BCUT2D eigenvalue weighted by Gasteiger charge is 2.36. The zero-order valence-corrected chi connectivity index (χ0v) is 9.40. The summed E-state index contributed by atoms with van der Waals surface area (Å²) in [5.74, 6) is 0. The number of ether oxygens (including phenoxy) is 1. The molecule has 1 aliphatic heterocycles. The fraction of sp³-hybridized carbons (Fsp3) is 0.462. The van der Waals surface area contributed by atoms with Gasteiger partial charge in [0.1, 0.15) is 0 Å². The zero-order valence-electron chi connectivity index (χ0n) is 9.40. The van der Waals surface area contributed by atoms with Crippen molar-refractivity contribution in [3.8, 4) is 0 Å². The van der Waals surface area contributed by atoms with E-state index >= 15 is 0 Å². The molecule has 1 aromatic rings. The molecule has 3 rings (SSSR count). The van der Waals surface area contributed by atoms with E-state index in [1.807, 2.05) is 4.90 Å². The summed E-state index contributed by atoms with van der Waals surface area (Å²) in [4.78, 5) is 13.5. The van der Waals surface area contributed by atoms with Gasteiger partial charge in [-0.2, -0.15) is 0 Å². The summed E-state index contributed by atoms with van der Waals surface area (Å²) in [6.45, 7) is 0.786. The van der Waals surface area contributed by atoms with Gasteiger partial charge in [-0.05, 0) is 36.0 Å². The van der Waals surface area contributed by atoms with Crippen LogP contribution >= 0.6 is 0 Å². The van der Waals surface area contributed by atoms with Gasteiger partial charge in [-0.3, -0.25) is 0 Å². The van der Waals surface area contributed by atoms with E-state index in [1.165, 1.54) is 23.8 Å². The van der Waals surface area contributed by atoms with Gasteiger partial charge in [0.05, 0.1) is 13.2 Å². The number of benzene rings is 1. The van der Waals surface area contributed by atoms with Gasteiger partial charge in [0.2, 0.25) is 0 Å². The lowest BCUT2D eigenvalue weighted by molar-refractivity contribution is 0.101. The zero-order chi connectivity index (χ0) is 11.1. The Hall–Kier alpha value is -1.51. The Morgan fingerprint density at radius 3 is 2.88 bits per heavy atom. The highest BCUT2D eigenvalue weighted by Crippen LogP contribution is 2.41. The number of aryl methyl sites for hydroxylation is 1. The monoisotopic (exact) mass is 217 g/mol. The molecular formula is C13H15NO2. The van der Waals surface area contributed by atoms with E-state index < -0.39 is 0 Å². The number of methoxy groups -OCH3 is 1. The standard InChI is InChI=1S/C13H15NO2/c1-16-13(15)14-8-7-10-4-2-3-9-5-6-11(14)12(9)10/h2-4,11H,5-8H2,1H3. The fourth-order valence-electron chi connectivity index (χ4n) is 3.01. The van der Waals surface area contributed by atoms with Crippen LogP contribution in [0.5, 0.6) is 0 Å². The van der Waals surface area contributed by atoms with Crippen LogP contribution in [0.1, 0.15) is 29.2 Å². The minimum Gasteiger partial charge on any atom is -0.453 e. The van der Waals surface area contributed by atoms with Crippen molar-refractivity contribution in [2.75, 3.05) is 13.7 Å². The predicted octanol–water partition coefficient (Wildman–Crippen LogP) is 2.30. The number of hydrogen-bond acceptors (Lipinski definition) is 2. The Balaban J connectivity index is 2.02. The van der Waals surface area contributed by atoms with Crippen LogP contribution < -0.4 is 0 Å². The molecule has 16 heavy (non-hydrogen) atoms. The number of nitrogens with zero attached hydrogens (tertiary/aromatic N) is 1. The molecule has 0 radical (unpaired) electrons. The van der Waals surface area contributed by atoms with Crippen molar-refractivity contribution in [2.24, 2.45) is 0 Å². The first-order chi connectivity index (χ1) is 7.81. The van der Waals surface area contributed by atoms with Crippen LogP contribution in [-0.4, -0.2) is 24.6 Å². The van der Waals surface area contributed by atoms with Gasteiger partial charge in [-0.25, -0.2) is 4.79 Å². The first-order valence-corrected chi connectivity index (χ1v) is 5.76. The Labute approximate surface area is 95.0 Å². The van der Waals surface area contributed by atoms with Crippen molar-refractivity contribution in [3.63, 3.8) is 0 Å². The Morgan fingerprint density at radius 1 is 1.38 bits per heavy atom. The van der Waals surface area contributed by atoms with E-state index in [-0.39, 0.29) is 12.1 Å². The Kier molecular flexibility index (Phi) is 2.13. The summed E-state index contributed by atoms with van der Waals surface area (Å²) >= 11 is 0. The van der Waals surface area contributed by atoms with E-state index in [1.54, 1.807) is 0 Å². The lowest BCUT2D eigenvalue weighted by Crippen LogP contribution is -2.38. The molecule has 1 heterocycles. The Bertz CT molecular complexity index is 442. The molecule has 1 aromatic carbocycles. The number of carbonyl (C=O) groups excluding carboxylic acids is 1. The molecule has 3 nitrogen and oxygen atoms in total. The van der Waals surface area contributed by atoms with E-state index in [9.17, 15) is 4.79 Å². The van der Waals surface area contributed by atoms with Gasteiger partial charge >= 0.3 is 6.09 Å². The third-order valence-electron chi connectivity index (χ3n) is 3.71. The molecule has 1 aliphatic carbocycles. The molecule has 2 aliphatic rings. The lowest BCUT2D eigenvalue weighted by atomic mass is 9.94. The van der Waals surface area contributed by atoms with Crippen LogP contribution in [0.2, 0.25) is 0 Å². The van der Waals surface area contributed by atoms with E-state index in [0.717, 1.165) is 25.8 Å². The summed E-state index contributed by atoms with van der Waals surface area (Å²) in [5.41, 5.74) is 4.22. The molecular weight excluding hydrogens is 202 g/mol. The van der Waals surface area contributed by atoms with Gasteiger partial charge < -0.3 is 9.64 Å². The summed E-state index contributed by atoms with van der Waals surface area (Å²) in [5, 5.41) is 0. The molecule has 1 atom stereocenters. The lowest BCUT2D eigenvalue weighted by Gasteiger charge is -2.33. The maximum absolute atomic E-state index is 11.7. The molecule has 0 N–H and O–H groups in total. The van der Waals surface area contributed by atoms with Gasteiger partial charge in [0, 0.05) is 6.54 Å². The van der Waals surface area contributed by atoms with Crippen LogP contribution in [0.25, 0.3) is 0 Å². The van der Waals surface area contributed by atoms with Gasteiger partial charge in [0.15, 0.2) is 0 Å². The molecule has 0 bridgehead atoms. The largest absolute Gasteiger partial charge is 0.453 e. The minimum atomic E-state index is -0.188. The molecule has 84 valence electrons. The topological polar surface area (TPSA) is 29.5 Å². The molecule has 0 fully saturated rings. The average Bonchev–Trinajstić information content (AvgIpc) is 2.75. The van der Waals surface area contributed by atoms with E-state index in [4.69, 9.17) is 4.74 Å². The van der Waals surface area contributed by atoms with Gasteiger partial charge in [-0.1, -0.05) is 18.2 Å². The molecule has 1 unspecified atom stereocenters. The maximum atomic E-state index is 11.7. The number of carbonyl (C=O) groups is 1.